The van der Waals surface area contributed by atoms with Gasteiger partial charge in [0, 0.05) is 30.2 Å². The van der Waals surface area contributed by atoms with Gasteiger partial charge in [-0.1, -0.05) is 12.8 Å². The molecule has 7 heteroatoms. The van der Waals surface area contributed by atoms with Crippen molar-refractivity contribution in [1.29, 1.82) is 0 Å². The van der Waals surface area contributed by atoms with Crippen LogP contribution in [0.15, 0.2) is 0 Å². The smallest absolute Gasteiger partial charge is 0.450 e. The lowest BCUT2D eigenvalue weighted by Gasteiger charge is -2.38. The van der Waals surface area contributed by atoms with Crippen molar-refractivity contribution in [2.75, 3.05) is 13.2 Å². The van der Waals surface area contributed by atoms with Crippen LogP contribution < -0.4 is 0 Å². The second-order valence-electron chi connectivity index (χ2n) is 8.47. The number of carbonyl (C=O) groups is 1. The molecule has 0 aromatic rings. The van der Waals surface area contributed by atoms with Crippen molar-refractivity contribution in [2.24, 2.45) is 0 Å². The molecule has 0 spiro atoms. The lowest BCUT2D eigenvalue weighted by atomic mass is 10.0. The standard InChI is InChI=1S/C21H44N2O3.2ClH/c1-16(2)22(17(3)4)14-11-9-10-12-20(13-15-26-21(24)25)23(18(5)6)19(7)8;;/h16-20H,9-15H2,1-8H3,(H,24,25);2*1H. The molecule has 1 N–H and O–H groups in total. The summed E-state index contributed by atoms with van der Waals surface area (Å²) in [5.41, 5.74) is 0. The normalized spacial score (nSPS) is 12.6. The molecule has 0 aliphatic carbocycles. The molecule has 0 bridgehead atoms. The summed E-state index contributed by atoms with van der Waals surface area (Å²) < 4.78 is 4.78. The quantitative estimate of drug-likeness (QED) is 0.259. The fourth-order valence-electron chi connectivity index (χ4n) is 4.13. The van der Waals surface area contributed by atoms with E-state index in [0.29, 0.717) is 30.2 Å². The van der Waals surface area contributed by atoms with Crippen LogP contribution in [0.5, 0.6) is 0 Å². The van der Waals surface area contributed by atoms with Crippen molar-refractivity contribution in [3.63, 3.8) is 0 Å². The van der Waals surface area contributed by atoms with Gasteiger partial charge in [-0.3, -0.25) is 9.80 Å². The molecule has 5 nitrogen and oxygen atoms in total. The summed E-state index contributed by atoms with van der Waals surface area (Å²) in [4.78, 5) is 15.7. The molecule has 28 heavy (non-hydrogen) atoms. The Morgan fingerprint density at radius 1 is 0.786 bits per heavy atom. The molecule has 0 saturated heterocycles. The third kappa shape index (κ3) is 13.9. The summed E-state index contributed by atoms with van der Waals surface area (Å²) in [5, 5.41) is 8.73. The van der Waals surface area contributed by atoms with E-state index >= 15 is 0 Å². The van der Waals surface area contributed by atoms with Gasteiger partial charge >= 0.3 is 6.16 Å². The fraction of sp³-hybridized carbons (Fsp3) is 0.952. The lowest BCUT2D eigenvalue weighted by molar-refractivity contribution is 0.0582. The van der Waals surface area contributed by atoms with Crippen LogP contribution in [0.2, 0.25) is 0 Å². The van der Waals surface area contributed by atoms with Crippen LogP contribution in [0.1, 0.15) is 87.5 Å². The Hall–Kier alpha value is -0.230. The molecule has 1 atom stereocenters. The zero-order valence-corrected chi connectivity index (χ0v) is 20.9. The molecule has 0 rings (SSSR count). The maximum atomic E-state index is 10.7. The Morgan fingerprint density at radius 3 is 1.68 bits per heavy atom. The summed E-state index contributed by atoms with van der Waals surface area (Å²) in [6, 6.07) is 2.45. The topological polar surface area (TPSA) is 53.0 Å². The third-order valence-electron chi connectivity index (χ3n) is 5.07. The van der Waals surface area contributed by atoms with Gasteiger partial charge in [-0.15, -0.1) is 24.8 Å². The SMILES string of the molecule is CC(C)N(CCCCCC(CCOC(=O)O)N(C(C)C)C(C)C)C(C)C.Cl.Cl. The van der Waals surface area contributed by atoms with Crippen LogP contribution in [0.3, 0.4) is 0 Å². The number of halogens is 2. The average Bonchev–Trinajstić information content (AvgIpc) is 2.48. The highest BCUT2D eigenvalue weighted by Crippen LogP contribution is 2.20. The molecule has 0 radical (unpaired) electrons. The van der Waals surface area contributed by atoms with Gasteiger partial charge in [0.05, 0.1) is 6.61 Å². The van der Waals surface area contributed by atoms with Crippen molar-refractivity contribution in [1.82, 2.24) is 9.80 Å². The molecule has 0 aromatic heterocycles. The van der Waals surface area contributed by atoms with Crippen LogP contribution >= 0.6 is 24.8 Å². The predicted molar refractivity (Wildman–Crippen MR) is 124 cm³/mol. The van der Waals surface area contributed by atoms with Crippen LogP contribution in [-0.2, 0) is 4.74 Å². The van der Waals surface area contributed by atoms with Crippen molar-refractivity contribution in [3.8, 4) is 0 Å². The van der Waals surface area contributed by atoms with Gasteiger partial charge in [0.2, 0.25) is 0 Å². The highest BCUT2D eigenvalue weighted by atomic mass is 35.5. The van der Waals surface area contributed by atoms with E-state index in [0.717, 1.165) is 19.4 Å². The second kappa shape index (κ2) is 17.6. The lowest BCUT2D eigenvalue weighted by Crippen LogP contribution is -2.45. The molecule has 0 amide bonds. The summed E-state index contributed by atoms with van der Waals surface area (Å²) in [6.07, 6.45) is 4.31. The molecular formula is C21H46Cl2N2O3. The number of nitrogens with zero attached hydrogens (tertiary/aromatic N) is 2. The third-order valence-corrected chi connectivity index (χ3v) is 5.07. The zero-order valence-electron chi connectivity index (χ0n) is 19.3. The van der Waals surface area contributed by atoms with Crippen LogP contribution in [-0.4, -0.2) is 64.4 Å². The van der Waals surface area contributed by atoms with E-state index in [9.17, 15) is 4.79 Å². The Bertz CT molecular complexity index is 365. The summed E-state index contributed by atoms with van der Waals surface area (Å²) in [7, 11) is 0. The van der Waals surface area contributed by atoms with E-state index in [1.54, 1.807) is 0 Å². The molecule has 172 valence electrons. The number of ether oxygens (including phenoxy) is 1. The Balaban J connectivity index is -0.00000312. The van der Waals surface area contributed by atoms with E-state index in [-0.39, 0.29) is 31.4 Å². The van der Waals surface area contributed by atoms with E-state index < -0.39 is 6.16 Å². The highest BCUT2D eigenvalue weighted by Gasteiger charge is 2.24. The summed E-state index contributed by atoms with van der Waals surface area (Å²) in [6.45, 7) is 19.4. The van der Waals surface area contributed by atoms with Gasteiger partial charge in [-0.25, -0.2) is 4.79 Å². The second-order valence-corrected chi connectivity index (χ2v) is 8.47. The van der Waals surface area contributed by atoms with Crippen molar-refractivity contribution < 1.29 is 14.6 Å². The Labute approximate surface area is 186 Å². The number of unbranched alkanes of at least 4 members (excludes halogenated alkanes) is 2. The maximum absolute atomic E-state index is 10.7. The molecular weight excluding hydrogens is 399 g/mol. The molecule has 0 aliphatic rings. The zero-order chi connectivity index (χ0) is 20.3. The van der Waals surface area contributed by atoms with E-state index in [2.05, 4.69) is 65.2 Å². The minimum atomic E-state index is -1.17. The van der Waals surface area contributed by atoms with Crippen LogP contribution in [0.4, 0.5) is 4.79 Å². The van der Waals surface area contributed by atoms with Crippen LogP contribution in [0, 0.1) is 0 Å². The average molecular weight is 446 g/mol. The maximum Gasteiger partial charge on any atom is 0.505 e. The first-order valence-electron chi connectivity index (χ1n) is 10.5. The summed E-state index contributed by atoms with van der Waals surface area (Å²) >= 11 is 0. The van der Waals surface area contributed by atoms with Crippen molar-refractivity contribution in [2.45, 2.75) is 118 Å². The molecule has 0 fully saturated rings. The van der Waals surface area contributed by atoms with Crippen molar-refractivity contribution in [3.05, 3.63) is 0 Å². The van der Waals surface area contributed by atoms with E-state index in [1.807, 2.05) is 0 Å². The van der Waals surface area contributed by atoms with Gasteiger partial charge < -0.3 is 9.84 Å². The summed E-state index contributed by atoms with van der Waals surface area (Å²) in [5.74, 6) is 0. The minimum absolute atomic E-state index is 0. The highest BCUT2D eigenvalue weighted by molar-refractivity contribution is 5.85. The van der Waals surface area contributed by atoms with Crippen LogP contribution in [0.25, 0.3) is 0 Å². The van der Waals surface area contributed by atoms with Gasteiger partial charge in [-0.05, 0) is 81.2 Å². The molecule has 0 saturated carbocycles. The number of carboxylic acid groups (broad SMARTS) is 1. The van der Waals surface area contributed by atoms with E-state index in [4.69, 9.17) is 9.84 Å². The van der Waals surface area contributed by atoms with Gasteiger partial charge in [-0.2, -0.15) is 0 Å². The minimum Gasteiger partial charge on any atom is -0.450 e. The first kappa shape index (κ1) is 32.4. The molecule has 0 heterocycles. The molecule has 0 aromatic carbocycles. The van der Waals surface area contributed by atoms with Crippen molar-refractivity contribution >= 4 is 31.0 Å². The number of hydrogen-bond donors (Lipinski definition) is 1. The van der Waals surface area contributed by atoms with Gasteiger partial charge in [0.1, 0.15) is 0 Å². The largest absolute Gasteiger partial charge is 0.505 e. The fourth-order valence-corrected chi connectivity index (χ4v) is 4.13. The van der Waals surface area contributed by atoms with E-state index in [1.165, 1.54) is 19.3 Å². The Morgan fingerprint density at radius 2 is 1.29 bits per heavy atom. The van der Waals surface area contributed by atoms with Gasteiger partial charge in [0.15, 0.2) is 0 Å². The Kier molecular flexibility index (Phi) is 20.4. The number of hydrogen-bond acceptors (Lipinski definition) is 4. The van der Waals surface area contributed by atoms with Gasteiger partial charge in [0.25, 0.3) is 0 Å². The first-order valence-corrected chi connectivity index (χ1v) is 10.5. The molecule has 0 aliphatic heterocycles. The predicted octanol–water partition coefficient (Wildman–Crippen LogP) is 6.08. The first-order chi connectivity index (χ1) is 12.1. The number of rotatable bonds is 14. The monoisotopic (exact) mass is 444 g/mol. The molecule has 1 unspecified atom stereocenters.